The molecule has 6 atom stereocenters. The number of carbonyl (C=O) groups is 4. The summed E-state index contributed by atoms with van der Waals surface area (Å²) in [5.41, 5.74) is 0. The average molecular weight is 1100 g/mol. The van der Waals surface area contributed by atoms with Gasteiger partial charge >= 0.3 is 23.9 Å². The Morgan fingerprint density at radius 3 is 1.16 bits per heavy atom. The third kappa shape index (κ3) is 43.4. The van der Waals surface area contributed by atoms with Gasteiger partial charge in [0.1, 0.15) is 18.8 Å². The van der Waals surface area contributed by atoms with Crippen molar-refractivity contribution in [2.24, 2.45) is 0 Å². The molecule has 444 valence electrons. The lowest BCUT2D eigenvalue weighted by Crippen LogP contribution is -2.61. The lowest BCUT2D eigenvalue weighted by atomic mass is 9.98. The second kappa shape index (κ2) is 53.5. The molecule has 0 radical (unpaired) electrons. The Hall–Kier alpha value is -5.14. The van der Waals surface area contributed by atoms with Crippen molar-refractivity contribution in [3.63, 3.8) is 0 Å². The Morgan fingerprint density at radius 1 is 0.418 bits per heavy atom. The SMILES string of the molecule is CC/C=C\C/C=C\C/C=C\C/C=C\C/C=C\CCCCCC(=O)OCC(COC1OC(C(=O)O)C(O)C(O)C1OC(=O)CCCCC/C=C\C/C=C\C/C=C\CC)OC(=O)CCCCCCCCC/C=C\C/C=C\C/C=C\CC. The number of rotatable bonds is 49. The maximum absolute atomic E-state index is 13.2. The fourth-order valence-corrected chi connectivity index (χ4v) is 8.19. The van der Waals surface area contributed by atoms with E-state index in [2.05, 4.69) is 154 Å². The highest BCUT2D eigenvalue weighted by Gasteiger charge is 2.50. The van der Waals surface area contributed by atoms with Crippen LogP contribution in [0, 0.1) is 0 Å². The molecular weight excluding hydrogens is 997 g/mol. The molecule has 0 amide bonds. The molecule has 6 unspecified atom stereocenters. The van der Waals surface area contributed by atoms with Gasteiger partial charge in [0.15, 0.2) is 24.6 Å². The van der Waals surface area contributed by atoms with Crippen molar-refractivity contribution in [3.8, 4) is 0 Å². The molecule has 3 N–H and O–H groups in total. The Bertz CT molecular complexity index is 1880. The van der Waals surface area contributed by atoms with Gasteiger partial charge in [-0.15, -0.1) is 0 Å². The molecule has 1 heterocycles. The van der Waals surface area contributed by atoms with E-state index >= 15 is 0 Å². The number of aliphatic carboxylic acids is 1. The molecule has 1 saturated heterocycles. The minimum absolute atomic E-state index is 0.0133. The first-order chi connectivity index (χ1) is 38.6. The highest BCUT2D eigenvalue weighted by atomic mass is 16.7. The van der Waals surface area contributed by atoms with Crippen molar-refractivity contribution in [3.05, 3.63) is 134 Å². The maximum atomic E-state index is 13.2. The number of hydrogen-bond donors (Lipinski definition) is 3. The molecular formula is C67H104O12. The van der Waals surface area contributed by atoms with E-state index in [1.54, 1.807) is 0 Å². The monoisotopic (exact) mass is 1100 g/mol. The summed E-state index contributed by atoms with van der Waals surface area (Å²) in [4.78, 5) is 51.2. The van der Waals surface area contributed by atoms with Gasteiger partial charge in [-0.2, -0.15) is 0 Å². The highest BCUT2D eigenvalue weighted by molar-refractivity contribution is 5.74. The number of ether oxygens (including phenoxy) is 5. The van der Waals surface area contributed by atoms with E-state index in [4.69, 9.17) is 23.7 Å². The third-order valence-corrected chi connectivity index (χ3v) is 12.7. The standard InChI is InChI=1S/C67H104O12/c1-4-7-10-13-16-19-22-25-27-29-30-32-33-36-38-41-44-47-50-53-59(68)75-56-58(77-60(69)54-51-48-45-42-40-37-34-31-28-26-23-20-17-14-11-8-5-2)57-76-67-65(63(72)62(71)64(79-67)66(73)74)78-61(70)55-52-49-46-43-39-35-24-21-18-15-12-9-6-3/h7-12,16-21,25-28,30,32,35-36,38-39,58,62-65,67,71-72H,4-6,13-15,22-24,29,31,33-34,37,40-57H2,1-3H3,(H,73,74)/b10-7-,11-8-,12-9-,19-16-,20-17-,21-18-,27-25-,28-26-,32-30-,38-36-,39-35-. The van der Waals surface area contributed by atoms with Crippen LogP contribution in [0.25, 0.3) is 0 Å². The van der Waals surface area contributed by atoms with Gasteiger partial charge in [0.05, 0.1) is 6.61 Å². The molecule has 1 aliphatic rings. The number of unbranched alkanes of at least 4 members (excludes halogenated alkanes) is 13. The summed E-state index contributed by atoms with van der Waals surface area (Å²) in [6.45, 7) is 5.59. The third-order valence-electron chi connectivity index (χ3n) is 12.7. The Labute approximate surface area is 477 Å². The highest BCUT2D eigenvalue weighted by Crippen LogP contribution is 2.26. The van der Waals surface area contributed by atoms with E-state index in [0.29, 0.717) is 19.3 Å². The first-order valence-electron chi connectivity index (χ1n) is 30.2. The predicted octanol–water partition coefficient (Wildman–Crippen LogP) is 15.8. The second-order valence-electron chi connectivity index (χ2n) is 19.8. The zero-order valence-electron chi connectivity index (χ0n) is 48.8. The number of carbonyl (C=O) groups excluding carboxylic acids is 3. The fraction of sp³-hybridized carbons (Fsp3) is 0.612. The molecule has 0 aromatic carbocycles. The zero-order valence-corrected chi connectivity index (χ0v) is 48.8. The van der Waals surface area contributed by atoms with Gasteiger partial charge in [0.25, 0.3) is 0 Å². The van der Waals surface area contributed by atoms with E-state index in [1.165, 1.54) is 0 Å². The zero-order chi connectivity index (χ0) is 57.5. The van der Waals surface area contributed by atoms with Gasteiger partial charge < -0.3 is 39.0 Å². The number of carboxylic acids is 1. The van der Waals surface area contributed by atoms with E-state index in [-0.39, 0.29) is 25.9 Å². The fourth-order valence-electron chi connectivity index (χ4n) is 8.19. The molecule has 0 saturated carbocycles. The number of carboxylic acid groups (broad SMARTS) is 1. The summed E-state index contributed by atoms with van der Waals surface area (Å²) in [6.07, 6.45) is 62.8. The molecule has 0 aromatic heterocycles. The summed E-state index contributed by atoms with van der Waals surface area (Å²) in [5.74, 6) is -3.24. The number of aliphatic hydroxyl groups is 2. The van der Waals surface area contributed by atoms with Crippen molar-refractivity contribution in [1.29, 1.82) is 0 Å². The molecule has 1 rings (SSSR count). The minimum Gasteiger partial charge on any atom is -0.479 e. The summed E-state index contributed by atoms with van der Waals surface area (Å²) in [5, 5.41) is 31.5. The number of esters is 3. The average Bonchev–Trinajstić information content (AvgIpc) is 3.44. The molecule has 0 bridgehead atoms. The van der Waals surface area contributed by atoms with E-state index in [0.717, 1.165) is 154 Å². The summed E-state index contributed by atoms with van der Waals surface area (Å²) in [6, 6.07) is 0. The maximum Gasteiger partial charge on any atom is 0.335 e. The van der Waals surface area contributed by atoms with Gasteiger partial charge in [-0.25, -0.2) is 4.79 Å². The molecule has 0 aromatic rings. The predicted molar refractivity (Wildman–Crippen MR) is 321 cm³/mol. The Kier molecular flexibility index (Phi) is 48.7. The Morgan fingerprint density at radius 2 is 0.759 bits per heavy atom. The van der Waals surface area contributed by atoms with Crippen LogP contribution < -0.4 is 0 Å². The van der Waals surface area contributed by atoms with Crippen LogP contribution in [0.2, 0.25) is 0 Å². The van der Waals surface area contributed by atoms with Crippen LogP contribution >= 0.6 is 0 Å². The molecule has 1 fully saturated rings. The lowest BCUT2D eigenvalue weighted by Gasteiger charge is -2.40. The van der Waals surface area contributed by atoms with Gasteiger partial charge in [-0.1, -0.05) is 199 Å². The molecule has 79 heavy (non-hydrogen) atoms. The topological polar surface area (TPSA) is 175 Å². The van der Waals surface area contributed by atoms with E-state index in [1.807, 2.05) is 0 Å². The van der Waals surface area contributed by atoms with Gasteiger partial charge in [0.2, 0.25) is 0 Å². The van der Waals surface area contributed by atoms with Crippen molar-refractivity contribution < 1.29 is 58.2 Å². The van der Waals surface area contributed by atoms with Crippen molar-refractivity contribution >= 4 is 23.9 Å². The first kappa shape index (κ1) is 71.9. The quantitative estimate of drug-likeness (QED) is 0.0228. The minimum atomic E-state index is -1.93. The second-order valence-corrected chi connectivity index (χ2v) is 19.8. The van der Waals surface area contributed by atoms with Crippen LogP contribution in [-0.4, -0.2) is 89.2 Å². The smallest absolute Gasteiger partial charge is 0.335 e. The summed E-state index contributed by atoms with van der Waals surface area (Å²) >= 11 is 0. The molecule has 0 aliphatic carbocycles. The van der Waals surface area contributed by atoms with Crippen molar-refractivity contribution in [2.45, 2.75) is 250 Å². The van der Waals surface area contributed by atoms with Crippen LogP contribution in [-0.2, 0) is 42.9 Å². The van der Waals surface area contributed by atoms with Crippen molar-refractivity contribution in [1.82, 2.24) is 0 Å². The molecule has 0 spiro atoms. The van der Waals surface area contributed by atoms with Crippen LogP contribution in [0.1, 0.15) is 213 Å². The lowest BCUT2D eigenvalue weighted by molar-refractivity contribution is -0.301. The number of hydrogen-bond acceptors (Lipinski definition) is 11. The summed E-state index contributed by atoms with van der Waals surface area (Å²) < 4.78 is 28.4. The largest absolute Gasteiger partial charge is 0.479 e. The van der Waals surface area contributed by atoms with E-state index in [9.17, 15) is 34.5 Å². The van der Waals surface area contributed by atoms with Crippen LogP contribution in [0.15, 0.2) is 134 Å². The Balaban J connectivity index is 2.74. The number of aliphatic hydroxyl groups excluding tert-OH is 2. The normalized spacial score (nSPS) is 18.8. The van der Waals surface area contributed by atoms with Crippen LogP contribution in [0.5, 0.6) is 0 Å². The van der Waals surface area contributed by atoms with Gasteiger partial charge in [-0.3, -0.25) is 14.4 Å². The molecule has 1 aliphatic heterocycles. The van der Waals surface area contributed by atoms with Crippen LogP contribution in [0.3, 0.4) is 0 Å². The van der Waals surface area contributed by atoms with Crippen molar-refractivity contribution in [2.75, 3.05) is 13.2 Å². The van der Waals surface area contributed by atoms with E-state index < -0.39 is 67.3 Å². The van der Waals surface area contributed by atoms with Crippen LogP contribution in [0.4, 0.5) is 0 Å². The molecule has 12 heteroatoms. The summed E-state index contributed by atoms with van der Waals surface area (Å²) in [7, 11) is 0. The molecule has 12 nitrogen and oxygen atoms in total. The van der Waals surface area contributed by atoms with Gasteiger partial charge in [-0.05, 0) is 128 Å². The number of allylic oxidation sites excluding steroid dienone is 22. The first-order valence-corrected chi connectivity index (χ1v) is 30.2. The van der Waals surface area contributed by atoms with Gasteiger partial charge in [0, 0.05) is 19.3 Å².